The third-order valence-electron chi connectivity index (χ3n) is 14.8. The van der Waals surface area contributed by atoms with E-state index in [2.05, 4.69) is 277 Å². The van der Waals surface area contributed by atoms with Crippen molar-refractivity contribution in [2.24, 2.45) is 0 Å². The van der Waals surface area contributed by atoms with Crippen molar-refractivity contribution in [1.82, 2.24) is 0 Å². The van der Waals surface area contributed by atoms with Crippen molar-refractivity contribution in [1.29, 1.82) is 0 Å². The van der Waals surface area contributed by atoms with Crippen LogP contribution in [0.3, 0.4) is 0 Å². The lowest BCUT2D eigenvalue weighted by Gasteiger charge is -2.34. The van der Waals surface area contributed by atoms with Gasteiger partial charge in [-0.25, -0.2) is 0 Å². The molecule has 0 saturated carbocycles. The van der Waals surface area contributed by atoms with Crippen LogP contribution in [0.15, 0.2) is 267 Å². The Bertz CT molecular complexity index is 3830. The summed E-state index contributed by atoms with van der Waals surface area (Å²) in [6.45, 7) is 0. The first-order valence-corrected chi connectivity index (χ1v) is 23.9. The van der Waals surface area contributed by atoms with Gasteiger partial charge in [0.2, 0.25) is 0 Å². The van der Waals surface area contributed by atoms with E-state index in [0.29, 0.717) is 0 Å². The third-order valence-corrected chi connectivity index (χ3v) is 14.8. The van der Waals surface area contributed by atoms with Gasteiger partial charge in [-0.1, -0.05) is 206 Å². The van der Waals surface area contributed by atoms with Crippen molar-refractivity contribution in [2.75, 3.05) is 9.80 Å². The number of nitrogens with zero attached hydrogens (tertiary/aromatic N) is 2. The minimum absolute atomic E-state index is 0.579. The van der Waals surface area contributed by atoms with Crippen molar-refractivity contribution < 1.29 is 0 Å². The second-order valence-electron chi connectivity index (χ2n) is 18.4. The van der Waals surface area contributed by atoms with E-state index in [9.17, 15) is 0 Å². The van der Waals surface area contributed by atoms with Crippen molar-refractivity contribution in [3.63, 3.8) is 0 Å². The molecule has 0 radical (unpaired) electrons. The molecule has 322 valence electrons. The Morgan fingerprint density at radius 1 is 0.232 bits per heavy atom. The summed E-state index contributed by atoms with van der Waals surface area (Å²) in [7, 11) is 0. The van der Waals surface area contributed by atoms with Gasteiger partial charge in [0.15, 0.2) is 0 Å². The molecule has 0 bridgehead atoms. The number of hydrogen-bond acceptors (Lipinski definition) is 2. The van der Waals surface area contributed by atoms with Crippen LogP contribution in [0.4, 0.5) is 34.1 Å². The molecule has 0 unspecified atom stereocenters. The smallest absolute Gasteiger partial charge is 0.0727 e. The van der Waals surface area contributed by atoms with E-state index in [1.807, 2.05) is 0 Å². The Morgan fingerprint density at radius 3 is 1.20 bits per heavy atom. The molecule has 69 heavy (non-hydrogen) atoms. The SMILES string of the molecule is c1ccc(-c2ccc(N(c3cc(N(c4ccccc4)c4ccccc4)c4c(c3)C3(c5ccccc5-c5ccccc53)c3ccccc3-4)c3ccc4c5ccccc5c5ccccc5c4c3)cc2)cc1. The minimum atomic E-state index is -0.579. The zero-order valence-electron chi connectivity index (χ0n) is 37.8. The number of para-hydroxylation sites is 2. The topological polar surface area (TPSA) is 6.48 Å². The molecule has 12 aromatic rings. The molecular formula is C67H44N2. The molecule has 1 spiro atoms. The molecule has 0 aliphatic heterocycles. The van der Waals surface area contributed by atoms with Gasteiger partial charge in [-0.3, -0.25) is 0 Å². The number of rotatable bonds is 7. The maximum Gasteiger partial charge on any atom is 0.0727 e. The normalized spacial score (nSPS) is 12.8. The summed E-state index contributed by atoms with van der Waals surface area (Å²) in [5, 5.41) is 7.51. The molecule has 0 heterocycles. The van der Waals surface area contributed by atoms with Gasteiger partial charge in [-0.05, 0) is 143 Å². The summed E-state index contributed by atoms with van der Waals surface area (Å²) in [5.41, 5.74) is 18.6. The Balaban J connectivity index is 1.12. The highest BCUT2D eigenvalue weighted by atomic mass is 15.2. The van der Waals surface area contributed by atoms with Gasteiger partial charge >= 0.3 is 0 Å². The molecular weight excluding hydrogens is 833 g/mol. The quantitative estimate of drug-likeness (QED) is 0.147. The van der Waals surface area contributed by atoms with Crippen molar-refractivity contribution >= 4 is 66.4 Å². The number of fused-ring (bicyclic) bond motifs is 16. The van der Waals surface area contributed by atoms with Crippen molar-refractivity contribution in [3.8, 4) is 33.4 Å². The fourth-order valence-electron chi connectivity index (χ4n) is 12.0. The van der Waals surface area contributed by atoms with E-state index in [1.54, 1.807) is 0 Å². The summed E-state index contributed by atoms with van der Waals surface area (Å²) in [6, 6.07) is 98.8. The van der Waals surface area contributed by atoms with Crippen LogP contribution in [-0.4, -0.2) is 0 Å². The Hall–Kier alpha value is -8.98. The molecule has 0 amide bonds. The lowest BCUT2D eigenvalue weighted by molar-refractivity contribution is 0.793. The summed E-state index contributed by atoms with van der Waals surface area (Å²) in [4.78, 5) is 4.97. The van der Waals surface area contributed by atoms with Gasteiger partial charge in [-0.2, -0.15) is 0 Å². The average molecular weight is 877 g/mol. The molecule has 0 fully saturated rings. The Morgan fingerprint density at radius 2 is 0.638 bits per heavy atom. The van der Waals surface area contributed by atoms with Crippen LogP contribution in [0.2, 0.25) is 0 Å². The summed E-state index contributed by atoms with van der Waals surface area (Å²) in [5.74, 6) is 0. The van der Waals surface area contributed by atoms with Crippen LogP contribution in [0, 0.1) is 0 Å². The molecule has 12 aromatic carbocycles. The van der Waals surface area contributed by atoms with E-state index in [-0.39, 0.29) is 0 Å². The van der Waals surface area contributed by atoms with Crippen LogP contribution < -0.4 is 9.80 Å². The molecule has 2 aliphatic rings. The van der Waals surface area contributed by atoms with E-state index in [0.717, 1.165) is 34.1 Å². The zero-order valence-corrected chi connectivity index (χ0v) is 37.8. The maximum absolute atomic E-state index is 2.53. The first kappa shape index (κ1) is 39.2. The van der Waals surface area contributed by atoms with Crippen LogP contribution in [0.25, 0.3) is 65.7 Å². The molecule has 0 saturated heterocycles. The van der Waals surface area contributed by atoms with Gasteiger partial charge < -0.3 is 9.80 Å². The van der Waals surface area contributed by atoms with Crippen LogP contribution >= 0.6 is 0 Å². The van der Waals surface area contributed by atoms with Crippen LogP contribution in [-0.2, 0) is 5.41 Å². The molecule has 14 rings (SSSR count). The highest BCUT2D eigenvalue weighted by molar-refractivity contribution is 6.26. The monoisotopic (exact) mass is 876 g/mol. The van der Waals surface area contributed by atoms with Gasteiger partial charge in [0.05, 0.1) is 11.1 Å². The van der Waals surface area contributed by atoms with E-state index in [1.165, 1.54) is 88.0 Å². The third kappa shape index (κ3) is 5.86. The van der Waals surface area contributed by atoms with Crippen LogP contribution in [0.5, 0.6) is 0 Å². The minimum Gasteiger partial charge on any atom is -0.310 e. The largest absolute Gasteiger partial charge is 0.310 e. The molecule has 0 N–H and O–H groups in total. The van der Waals surface area contributed by atoms with E-state index >= 15 is 0 Å². The molecule has 0 aromatic heterocycles. The van der Waals surface area contributed by atoms with Gasteiger partial charge in [-0.15, -0.1) is 0 Å². The first-order chi connectivity index (χ1) is 34.3. The fraction of sp³-hybridized carbons (Fsp3) is 0.0149. The summed E-state index contributed by atoms with van der Waals surface area (Å²) in [6.07, 6.45) is 0. The number of benzene rings is 12. The summed E-state index contributed by atoms with van der Waals surface area (Å²) >= 11 is 0. The lowest BCUT2D eigenvalue weighted by atomic mass is 9.70. The molecule has 2 heteroatoms. The van der Waals surface area contributed by atoms with Crippen molar-refractivity contribution in [3.05, 3.63) is 289 Å². The second kappa shape index (κ2) is 15.6. The predicted octanol–water partition coefficient (Wildman–Crippen LogP) is 18.1. The van der Waals surface area contributed by atoms with E-state index < -0.39 is 5.41 Å². The maximum atomic E-state index is 2.53. The zero-order chi connectivity index (χ0) is 45.5. The van der Waals surface area contributed by atoms with E-state index in [4.69, 9.17) is 0 Å². The number of hydrogen-bond donors (Lipinski definition) is 0. The summed E-state index contributed by atoms with van der Waals surface area (Å²) < 4.78 is 0. The fourth-order valence-corrected chi connectivity index (χ4v) is 12.0. The lowest BCUT2D eigenvalue weighted by Crippen LogP contribution is -2.26. The second-order valence-corrected chi connectivity index (χ2v) is 18.4. The Labute approximate surface area is 402 Å². The van der Waals surface area contributed by atoms with Gasteiger partial charge in [0.25, 0.3) is 0 Å². The molecule has 2 nitrogen and oxygen atoms in total. The Kier molecular flexibility index (Phi) is 8.84. The van der Waals surface area contributed by atoms with Gasteiger partial charge in [0.1, 0.15) is 0 Å². The predicted molar refractivity (Wildman–Crippen MR) is 290 cm³/mol. The van der Waals surface area contributed by atoms with Crippen molar-refractivity contribution in [2.45, 2.75) is 5.41 Å². The molecule has 2 aliphatic carbocycles. The molecule has 0 atom stereocenters. The van der Waals surface area contributed by atoms with Crippen LogP contribution in [0.1, 0.15) is 22.3 Å². The standard InChI is InChI=1S/C67H44N2/c1-4-20-45(21-5-1)46-36-38-49(39-37-46)68(50-40-41-56-54-28-11-10-26-52(54)53-27-12-13-29-55(53)60(56)42-50)51-43-64-66(65(44-51)69(47-22-6-2-7-23-47)48-24-8-3-9-25-48)59-32-16-19-35-63(59)67(64)61-33-17-14-30-57(61)58-31-15-18-34-62(58)67/h1-44H. The van der Waals surface area contributed by atoms with Gasteiger partial charge in [0, 0.05) is 34.0 Å². The number of anilines is 6. The highest BCUT2D eigenvalue weighted by Gasteiger charge is 2.53. The average Bonchev–Trinajstić information content (AvgIpc) is 3.90. The first-order valence-electron chi connectivity index (χ1n) is 23.9. The highest BCUT2D eigenvalue weighted by Crippen LogP contribution is 2.65.